The van der Waals surface area contributed by atoms with E-state index in [0.717, 1.165) is 11.8 Å². The van der Waals surface area contributed by atoms with Crippen LogP contribution in [-0.4, -0.2) is 68.7 Å². The van der Waals surface area contributed by atoms with Crippen molar-refractivity contribution in [2.45, 2.75) is 30.2 Å². The van der Waals surface area contributed by atoms with Crippen LogP contribution in [0.15, 0.2) is 4.40 Å². The molecule has 5 nitrogen and oxygen atoms in total. The zero-order valence-electron chi connectivity index (χ0n) is 12.3. The van der Waals surface area contributed by atoms with Crippen molar-refractivity contribution in [2.75, 3.05) is 26.3 Å². The highest BCUT2D eigenvalue weighted by atomic mass is 32.2. The molecule has 0 bridgehead atoms. The van der Waals surface area contributed by atoms with Gasteiger partial charge in [-0.1, -0.05) is 0 Å². The maximum absolute atomic E-state index is 13.5. The molecule has 15 heteroatoms. The standard InChI is InChI=1S/C10H11F9N2O3S/c1-6(21-2-4-24-5-3-21)20-25(22,23)10(18,19)8(13,14)7(11,12)9(15,16)17/h2-5H2,1H3. The van der Waals surface area contributed by atoms with Crippen LogP contribution in [0.5, 0.6) is 0 Å². The Bertz CT molecular complexity index is 624. The molecule has 0 spiro atoms. The molecule has 0 aromatic rings. The second-order valence-corrected chi connectivity index (χ2v) is 6.52. The molecule has 0 amide bonds. The van der Waals surface area contributed by atoms with Crippen molar-refractivity contribution in [1.29, 1.82) is 0 Å². The maximum atomic E-state index is 13.5. The first kappa shape index (κ1) is 21.8. The summed E-state index contributed by atoms with van der Waals surface area (Å²) in [6, 6.07) is 0. The molecule has 0 aromatic heterocycles. The summed E-state index contributed by atoms with van der Waals surface area (Å²) < 4.78 is 145. The first-order chi connectivity index (χ1) is 11.0. The van der Waals surface area contributed by atoms with Gasteiger partial charge in [-0.25, -0.2) is 0 Å². The second-order valence-electron chi connectivity index (χ2n) is 4.88. The van der Waals surface area contributed by atoms with Crippen LogP contribution in [0.25, 0.3) is 0 Å². The van der Waals surface area contributed by atoms with Crippen LogP contribution in [0.4, 0.5) is 39.5 Å². The van der Waals surface area contributed by atoms with Gasteiger partial charge in [0.05, 0.1) is 13.2 Å². The lowest BCUT2D eigenvalue weighted by atomic mass is 10.1. The normalized spacial score (nSPS) is 19.3. The van der Waals surface area contributed by atoms with E-state index in [0.29, 0.717) is 0 Å². The van der Waals surface area contributed by atoms with Gasteiger partial charge < -0.3 is 9.64 Å². The van der Waals surface area contributed by atoms with Gasteiger partial charge in [0.15, 0.2) is 0 Å². The highest BCUT2D eigenvalue weighted by molar-refractivity contribution is 7.91. The van der Waals surface area contributed by atoms with Crippen molar-refractivity contribution in [3.63, 3.8) is 0 Å². The van der Waals surface area contributed by atoms with E-state index in [1.165, 1.54) is 0 Å². The van der Waals surface area contributed by atoms with Crippen molar-refractivity contribution in [3.05, 3.63) is 0 Å². The van der Waals surface area contributed by atoms with Gasteiger partial charge in [0, 0.05) is 13.1 Å². The third kappa shape index (κ3) is 3.66. The first-order valence-electron chi connectivity index (χ1n) is 6.33. The highest BCUT2D eigenvalue weighted by Crippen LogP contribution is 2.54. The molecule has 1 heterocycles. The number of hydrogen-bond acceptors (Lipinski definition) is 3. The molecular weight excluding hydrogens is 399 g/mol. The maximum Gasteiger partial charge on any atom is 0.460 e. The predicted molar refractivity (Wildman–Crippen MR) is 65.3 cm³/mol. The summed E-state index contributed by atoms with van der Waals surface area (Å²) in [6.07, 6.45) is -7.11. The lowest BCUT2D eigenvalue weighted by Crippen LogP contribution is -2.63. The van der Waals surface area contributed by atoms with Crippen LogP contribution in [0, 0.1) is 0 Å². The fourth-order valence-corrected chi connectivity index (χ4v) is 2.73. The lowest BCUT2D eigenvalue weighted by molar-refractivity contribution is -0.382. The van der Waals surface area contributed by atoms with E-state index in [9.17, 15) is 47.9 Å². The zero-order valence-corrected chi connectivity index (χ0v) is 13.1. The number of halogens is 9. The number of nitrogens with zero attached hydrogens (tertiary/aromatic N) is 2. The summed E-state index contributed by atoms with van der Waals surface area (Å²) in [5, 5.41) is -6.81. The van der Waals surface area contributed by atoms with E-state index in [4.69, 9.17) is 4.74 Å². The van der Waals surface area contributed by atoms with Crippen LogP contribution in [0.1, 0.15) is 6.92 Å². The third-order valence-electron chi connectivity index (χ3n) is 3.16. The predicted octanol–water partition coefficient (Wildman–Crippen LogP) is 2.49. The fraction of sp³-hybridized carbons (Fsp3) is 0.900. The van der Waals surface area contributed by atoms with Gasteiger partial charge >= 0.3 is 33.3 Å². The van der Waals surface area contributed by atoms with Gasteiger partial charge in [-0.05, 0) is 6.92 Å². The Labute approximate surface area is 135 Å². The minimum Gasteiger partial charge on any atom is -0.378 e. The van der Waals surface area contributed by atoms with Gasteiger partial charge in [-0.2, -0.15) is 47.9 Å². The van der Waals surface area contributed by atoms with E-state index in [1.54, 1.807) is 0 Å². The smallest absolute Gasteiger partial charge is 0.378 e. The van der Waals surface area contributed by atoms with Gasteiger partial charge in [0.2, 0.25) is 0 Å². The molecule has 0 aromatic carbocycles. The molecule has 1 aliphatic heterocycles. The van der Waals surface area contributed by atoms with E-state index >= 15 is 0 Å². The molecule has 25 heavy (non-hydrogen) atoms. The van der Waals surface area contributed by atoms with Crippen LogP contribution in [0.3, 0.4) is 0 Å². The number of morpholine rings is 1. The Morgan fingerprint density at radius 1 is 0.920 bits per heavy atom. The topological polar surface area (TPSA) is 59.0 Å². The Balaban J connectivity index is 3.29. The molecule has 0 atom stereocenters. The van der Waals surface area contributed by atoms with Gasteiger partial charge in [0.1, 0.15) is 5.84 Å². The summed E-state index contributed by atoms with van der Waals surface area (Å²) >= 11 is 0. The zero-order chi connectivity index (χ0) is 19.9. The molecule has 0 aliphatic carbocycles. The Morgan fingerprint density at radius 3 is 1.76 bits per heavy atom. The van der Waals surface area contributed by atoms with Crippen LogP contribution >= 0.6 is 0 Å². The lowest BCUT2D eigenvalue weighted by Gasteiger charge is -2.32. The molecule has 1 saturated heterocycles. The van der Waals surface area contributed by atoms with E-state index in [-0.39, 0.29) is 26.3 Å². The monoisotopic (exact) mass is 410 g/mol. The van der Waals surface area contributed by atoms with Crippen LogP contribution in [-0.2, 0) is 14.8 Å². The van der Waals surface area contributed by atoms with Crippen LogP contribution in [0.2, 0.25) is 0 Å². The molecule has 1 fully saturated rings. The van der Waals surface area contributed by atoms with Crippen molar-refractivity contribution in [1.82, 2.24) is 4.90 Å². The Morgan fingerprint density at radius 2 is 1.36 bits per heavy atom. The molecular formula is C10H11F9N2O3S. The molecule has 0 radical (unpaired) electrons. The van der Waals surface area contributed by atoms with E-state index < -0.39 is 39.1 Å². The van der Waals surface area contributed by atoms with Crippen molar-refractivity contribution >= 4 is 15.9 Å². The SMILES string of the molecule is CC(=NS(=O)(=O)C(F)(F)C(F)(F)C(F)(F)C(F)(F)F)N1CCOCC1. The number of amidine groups is 1. The molecule has 0 saturated carbocycles. The van der Waals surface area contributed by atoms with Gasteiger partial charge in [-0.15, -0.1) is 4.40 Å². The average Bonchev–Trinajstić information content (AvgIpc) is 2.45. The molecule has 148 valence electrons. The summed E-state index contributed by atoms with van der Waals surface area (Å²) in [7, 11) is -6.77. The summed E-state index contributed by atoms with van der Waals surface area (Å²) in [5.74, 6) is -15.4. The first-order valence-corrected chi connectivity index (χ1v) is 7.77. The fourth-order valence-electron chi connectivity index (χ4n) is 1.70. The number of hydrogen-bond donors (Lipinski definition) is 0. The summed E-state index contributed by atoms with van der Waals surface area (Å²) in [4.78, 5) is 0.997. The number of ether oxygens (including phenoxy) is 1. The second kappa shape index (κ2) is 6.48. The average molecular weight is 410 g/mol. The quantitative estimate of drug-likeness (QED) is 0.406. The largest absolute Gasteiger partial charge is 0.460 e. The number of rotatable bonds is 4. The van der Waals surface area contributed by atoms with E-state index in [1.807, 2.05) is 0 Å². The molecule has 0 unspecified atom stereocenters. The molecule has 1 rings (SSSR count). The number of alkyl halides is 9. The van der Waals surface area contributed by atoms with Gasteiger partial charge in [-0.3, -0.25) is 0 Å². The Hall–Kier alpha value is -1.25. The molecule has 1 aliphatic rings. The Kier molecular flexibility index (Phi) is 5.65. The third-order valence-corrected chi connectivity index (χ3v) is 4.57. The van der Waals surface area contributed by atoms with E-state index in [2.05, 4.69) is 4.40 Å². The van der Waals surface area contributed by atoms with Crippen LogP contribution < -0.4 is 0 Å². The van der Waals surface area contributed by atoms with Crippen molar-refractivity contribution in [2.24, 2.45) is 4.40 Å². The van der Waals surface area contributed by atoms with Gasteiger partial charge in [0.25, 0.3) is 0 Å². The molecule has 0 N–H and O–H groups in total. The minimum atomic E-state index is -7.31. The summed E-state index contributed by atoms with van der Waals surface area (Å²) in [6.45, 7) is 0.646. The van der Waals surface area contributed by atoms with Crippen molar-refractivity contribution in [3.8, 4) is 0 Å². The number of sulfonamides is 1. The summed E-state index contributed by atoms with van der Waals surface area (Å²) in [5.41, 5.74) is 0. The minimum absolute atomic E-state index is 0.00556. The van der Waals surface area contributed by atoms with Crippen molar-refractivity contribution < 1.29 is 52.7 Å². The highest BCUT2D eigenvalue weighted by Gasteiger charge is 2.85.